The number of ketones is 1. The van der Waals surface area contributed by atoms with Gasteiger partial charge >= 0.3 is 0 Å². The van der Waals surface area contributed by atoms with Crippen LogP contribution in [0.25, 0.3) is 0 Å². The molecule has 0 amide bonds. The summed E-state index contributed by atoms with van der Waals surface area (Å²) in [4.78, 5) is 14.6. The lowest BCUT2D eigenvalue weighted by atomic mass is 10.0. The molecule has 3 rings (SSSR count). The molecule has 0 spiro atoms. The Bertz CT molecular complexity index is 442. The van der Waals surface area contributed by atoms with Gasteiger partial charge in [-0.2, -0.15) is 0 Å². The van der Waals surface area contributed by atoms with Crippen molar-refractivity contribution in [3.05, 3.63) is 29.8 Å². The first-order chi connectivity index (χ1) is 9.26. The molecule has 0 N–H and O–H groups in total. The monoisotopic (exact) mass is 259 g/mol. The number of nitrogens with zero attached hydrogens (tertiary/aromatic N) is 1. The Morgan fingerprint density at radius 3 is 2.42 bits per heavy atom. The number of ether oxygens (including phenoxy) is 1. The average Bonchev–Trinajstić information content (AvgIpc) is 2.99. The van der Waals surface area contributed by atoms with Gasteiger partial charge in [-0.3, -0.25) is 9.69 Å². The second kappa shape index (κ2) is 5.33. The summed E-state index contributed by atoms with van der Waals surface area (Å²) in [6, 6.07) is 7.42. The van der Waals surface area contributed by atoms with Crippen molar-refractivity contribution in [3.8, 4) is 5.75 Å². The van der Waals surface area contributed by atoms with Crippen molar-refractivity contribution < 1.29 is 9.53 Å². The molecule has 1 aliphatic carbocycles. The van der Waals surface area contributed by atoms with Crippen molar-refractivity contribution in [2.24, 2.45) is 11.8 Å². The summed E-state index contributed by atoms with van der Waals surface area (Å²) < 4.78 is 5.11. The molecule has 2 atom stereocenters. The van der Waals surface area contributed by atoms with Crippen LogP contribution < -0.4 is 4.74 Å². The number of rotatable bonds is 4. The van der Waals surface area contributed by atoms with E-state index in [9.17, 15) is 4.79 Å². The number of methoxy groups -OCH3 is 1. The molecule has 2 unspecified atom stereocenters. The van der Waals surface area contributed by atoms with E-state index in [1.54, 1.807) is 7.11 Å². The highest BCUT2D eigenvalue weighted by Gasteiger charge is 2.36. The van der Waals surface area contributed by atoms with Crippen LogP contribution in [0.15, 0.2) is 24.3 Å². The molecule has 1 aromatic rings. The van der Waals surface area contributed by atoms with Gasteiger partial charge in [-0.05, 0) is 48.9 Å². The Morgan fingerprint density at radius 2 is 1.84 bits per heavy atom. The summed E-state index contributed by atoms with van der Waals surface area (Å²) in [7, 11) is 1.64. The van der Waals surface area contributed by atoms with Crippen molar-refractivity contribution in [1.29, 1.82) is 0 Å². The third kappa shape index (κ3) is 2.66. The molecule has 1 heterocycles. The van der Waals surface area contributed by atoms with Crippen molar-refractivity contribution in [3.63, 3.8) is 0 Å². The van der Waals surface area contributed by atoms with Gasteiger partial charge in [0.15, 0.2) is 5.78 Å². The van der Waals surface area contributed by atoms with E-state index in [0.717, 1.165) is 36.2 Å². The van der Waals surface area contributed by atoms with Crippen LogP contribution in [-0.4, -0.2) is 37.4 Å². The van der Waals surface area contributed by atoms with E-state index in [2.05, 4.69) is 4.90 Å². The number of likely N-dealkylation sites (tertiary alicyclic amines) is 1. The normalized spacial score (nSPS) is 26.4. The highest BCUT2D eigenvalue weighted by molar-refractivity contribution is 5.97. The maximum absolute atomic E-state index is 12.2. The zero-order valence-electron chi connectivity index (χ0n) is 11.5. The fourth-order valence-corrected chi connectivity index (χ4v) is 3.53. The number of hydrogen-bond donors (Lipinski definition) is 0. The van der Waals surface area contributed by atoms with Crippen LogP contribution in [0, 0.1) is 11.8 Å². The number of benzene rings is 1. The Balaban J connectivity index is 1.59. The lowest BCUT2D eigenvalue weighted by Gasteiger charge is -2.15. The molecule has 19 heavy (non-hydrogen) atoms. The minimum Gasteiger partial charge on any atom is -0.497 e. The lowest BCUT2D eigenvalue weighted by Crippen LogP contribution is -2.28. The summed E-state index contributed by atoms with van der Waals surface area (Å²) in [5, 5.41) is 0. The molecule has 0 radical (unpaired) electrons. The summed E-state index contributed by atoms with van der Waals surface area (Å²) >= 11 is 0. The van der Waals surface area contributed by atoms with Crippen LogP contribution in [0.5, 0.6) is 5.75 Å². The highest BCUT2D eigenvalue weighted by atomic mass is 16.5. The standard InChI is InChI=1S/C16H21NO2/c1-19-15-7-5-12(6-8-15)16(18)11-17-9-13-3-2-4-14(13)10-17/h5-8,13-14H,2-4,9-11H2,1H3. The van der Waals surface area contributed by atoms with E-state index in [0.29, 0.717) is 6.54 Å². The SMILES string of the molecule is COc1ccc(C(=O)CN2CC3CCCC3C2)cc1. The fourth-order valence-electron chi connectivity index (χ4n) is 3.53. The predicted molar refractivity (Wildman–Crippen MR) is 74.6 cm³/mol. The molecule has 102 valence electrons. The van der Waals surface area contributed by atoms with E-state index in [1.807, 2.05) is 24.3 Å². The summed E-state index contributed by atoms with van der Waals surface area (Å²) in [6.45, 7) is 2.80. The predicted octanol–water partition coefficient (Wildman–Crippen LogP) is 2.61. The summed E-state index contributed by atoms with van der Waals surface area (Å²) in [5.74, 6) is 2.72. The van der Waals surface area contributed by atoms with Crippen LogP contribution in [0.1, 0.15) is 29.6 Å². The molecular weight excluding hydrogens is 238 g/mol. The molecule has 2 fully saturated rings. The fraction of sp³-hybridized carbons (Fsp3) is 0.562. The van der Waals surface area contributed by atoms with Gasteiger partial charge in [0.25, 0.3) is 0 Å². The molecule has 0 bridgehead atoms. The minimum atomic E-state index is 0.225. The Morgan fingerprint density at radius 1 is 1.21 bits per heavy atom. The molecule has 2 aliphatic rings. The van der Waals surface area contributed by atoms with Gasteiger partial charge in [0, 0.05) is 18.7 Å². The molecule has 0 aromatic heterocycles. The van der Waals surface area contributed by atoms with Gasteiger partial charge in [0.05, 0.1) is 13.7 Å². The lowest BCUT2D eigenvalue weighted by molar-refractivity contribution is 0.0941. The maximum Gasteiger partial charge on any atom is 0.176 e. The molecular formula is C16H21NO2. The first-order valence-electron chi connectivity index (χ1n) is 7.16. The van der Waals surface area contributed by atoms with Gasteiger partial charge < -0.3 is 4.74 Å². The number of Topliss-reactive ketones (excluding diaryl/α,β-unsaturated/α-hetero) is 1. The first-order valence-corrected chi connectivity index (χ1v) is 7.16. The van der Waals surface area contributed by atoms with Crippen molar-refractivity contribution >= 4 is 5.78 Å². The smallest absolute Gasteiger partial charge is 0.176 e. The van der Waals surface area contributed by atoms with E-state index in [1.165, 1.54) is 19.3 Å². The van der Waals surface area contributed by atoms with Gasteiger partial charge in [-0.25, -0.2) is 0 Å². The van der Waals surface area contributed by atoms with Crippen molar-refractivity contribution in [2.75, 3.05) is 26.7 Å². The third-order valence-corrected chi connectivity index (χ3v) is 4.58. The van der Waals surface area contributed by atoms with Gasteiger partial charge in [-0.1, -0.05) is 6.42 Å². The van der Waals surface area contributed by atoms with Crippen molar-refractivity contribution in [2.45, 2.75) is 19.3 Å². The van der Waals surface area contributed by atoms with E-state index in [-0.39, 0.29) is 5.78 Å². The Labute approximate surface area is 114 Å². The minimum absolute atomic E-state index is 0.225. The van der Waals surface area contributed by atoms with E-state index >= 15 is 0 Å². The number of carbonyl (C=O) groups excluding carboxylic acids is 1. The van der Waals surface area contributed by atoms with Crippen LogP contribution in [-0.2, 0) is 0 Å². The topological polar surface area (TPSA) is 29.5 Å². The quantitative estimate of drug-likeness (QED) is 0.778. The average molecular weight is 259 g/mol. The molecule has 1 saturated carbocycles. The van der Waals surface area contributed by atoms with Crippen molar-refractivity contribution in [1.82, 2.24) is 4.90 Å². The van der Waals surface area contributed by atoms with Crippen LogP contribution in [0.2, 0.25) is 0 Å². The van der Waals surface area contributed by atoms with E-state index in [4.69, 9.17) is 4.74 Å². The zero-order valence-corrected chi connectivity index (χ0v) is 11.5. The molecule has 3 heteroatoms. The zero-order chi connectivity index (χ0) is 13.2. The van der Waals surface area contributed by atoms with E-state index < -0.39 is 0 Å². The number of fused-ring (bicyclic) bond motifs is 1. The second-order valence-electron chi connectivity index (χ2n) is 5.80. The molecule has 3 nitrogen and oxygen atoms in total. The van der Waals surface area contributed by atoms with Crippen LogP contribution >= 0.6 is 0 Å². The third-order valence-electron chi connectivity index (χ3n) is 4.58. The molecule has 1 aromatic carbocycles. The first kappa shape index (κ1) is 12.7. The number of hydrogen-bond acceptors (Lipinski definition) is 3. The largest absolute Gasteiger partial charge is 0.497 e. The Hall–Kier alpha value is -1.35. The maximum atomic E-state index is 12.2. The summed E-state index contributed by atoms with van der Waals surface area (Å²) in [6.07, 6.45) is 4.10. The van der Waals surface area contributed by atoms with Crippen LogP contribution in [0.4, 0.5) is 0 Å². The Kier molecular flexibility index (Phi) is 3.56. The van der Waals surface area contributed by atoms with Gasteiger partial charge in [0.2, 0.25) is 0 Å². The molecule has 1 saturated heterocycles. The van der Waals surface area contributed by atoms with Gasteiger partial charge in [0.1, 0.15) is 5.75 Å². The van der Waals surface area contributed by atoms with Gasteiger partial charge in [-0.15, -0.1) is 0 Å². The number of carbonyl (C=O) groups is 1. The van der Waals surface area contributed by atoms with Crippen LogP contribution in [0.3, 0.4) is 0 Å². The second-order valence-corrected chi connectivity index (χ2v) is 5.80. The summed E-state index contributed by atoms with van der Waals surface area (Å²) in [5.41, 5.74) is 0.790. The highest BCUT2D eigenvalue weighted by Crippen LogP contribution is 2.37. The molecule has 1 aliphatic heterocycles.